The van der Waals surface area contributed by atoms with Gasteiger partial charge in [0.15, 0.2) is 0 Å². The largest absolute Gasteiger partial charge is 0.476 e. The summed E-state index contributed by atoms with van der Waals surface area (Å²) in [6.07, 6.45) is 1.10. The molecule has 0 aliphatic carbocycles. The number of nitrogens with zero attached hydrogens (tertiary/aromatic N) is 1. The summed E-state index contributed by atoms with van der Waals surface area (Å²) in [7, 11) is 0. The molecule has 78 valence electrons. The molecule has 0 bridgehead atoms. The molecule has 4 nitrogen and oxygen atoms in total. The number of ether oxygens (including phenoxy) is 2. The van der Waals surface area contributed by atoms with E-state index in [0.29, 0.717) is 0 Å². The van der Waals surface area contributed by atoms with Crippen molar-refractivity contribution in [3.63, 3.8) is 0 Å². The third-order valence-corrected chi connectivity index (χ3v) is 1.20. The second-order valence-corrected chi connectivity index (χ2v) is 2.59. The number of aliphatic imine (C=N–C) groups is 1. The van der Waals surface area contributed by atoms with E-state index >= 15 is 0 Å². The minimum absolute atomic E-state index is 0.329. The first-order valence-electron chi connectivity index (χ1n) is 4.19. The molecule has 0 unspecified atom stereocenters. The van der Waals surface area contributed by atoms with E-state index in [0.717, 1.165) is 30.9 Å². The predicted octanol–water partition coefficient (Wildman–Crippen LogP) is 1.68. The summed E-state index contributed by atoms with van der Waals surface area (Å²) in [4.78, 5) is 13.8. The fourth-order valence-electron chi connectivity index (χ4n) is 0.711. The van der Waals surface area contributed by atoms with Crippen LogP contribution < -0.4 is 0 Å². The summed E-state index contributed by atoms with van der Waals surface area (Å²) in [5.41, 5.74) is 0.919. The van der Waals surface area contributed by atoms with Crippen molar-refractivity contribution in [1.29, 1.82) is 0 Å². The highest BCUT2D eigenvalue weighted by atomic mass is 16.5. The SMILES string of the molecule is C=C(C)C1=NCCO1.C=COC(C)=O. The first-order valence-corrected chi connectivity index (χ1v) is 4.19. The minimum atomic E-state index is -0.329. The summed E-state index contributed by atoms with van der Waals surface area (Å²) < 4.78 is 9.23. The van der Waals surface area contributed by atoms with E-state index in [-0.39, 0.29) is 5.97 Å². The van der Waals surface area contributed by atoms with Gasteiger partial charge in [0.05, 0.1) is 12.8 Å². The Kier molecular flexibility index (Phi) is 6.11. The van der Waals surface area contributed by atoms with Crippen LogP contribution in [0.5, 0.6) is 0 Å². The number of hydrogen-bond acceptors (Lipinski definition) is 4. The molecule has 0 fully saturated rings. The fourth-order valence-corrected chi connectivity index (χ4v) is 0.711. The number of hydrogen-bond donors (Lipinski definition) is 0. The van der Waals surface area contributed by atoms with Gasteiger partial charge in [-0.25, -0.2) is 4.99 Å². The van der Waals surface area contributed by atoms with Gasteiger partial charge in [-0.15, -0.1) is 0 Å². The zero-order valence-corrected chi connectivity index (χ0v) is 8.58. The molecule has 0 saturated carbocycles. The first kappa shape index (κ1) is 12.4. The second-order valence-electron chi connectivity index (χ2n) is 2.59. The number of carbonyl (C=O) groups excluding carboxylic acids is 1. The van der Waals surface area contributed by atoms with Crippen LogP contribution in [0.2, 0.25) is 0 Å². The topological polar surface area (TPSA) is 47.9 Å². The molecule has 14 heavy (non-hydrogen) atoms. The third-order valence-electron chi connectivity index (χ3n) is 1.20. The van der Waals surface area contributed by atoms with E-state index in [9.17, 15) is 4.79 Å². The minimum Gasteiger partial charge on any atom is -0.476 e. The zero-order valence-electron chi connectivity index (χ0n) is 8.58. The van der Waals surface area contributed by atoms with Gasteiger partial charge in [-0.3, -0.25) is 4.79 Å². The molecule has 1 aliphatic heterocycles. The molecule has 1 rings (SSSR count). The summed E-state index contributed by atoms with van der Waals surface area (Å²) in [6.45, 7) is 11.6. The van der Waals surface area contributed by atoms with Crippen molar-refractivity contribution < 1.29 is 14.3 Å². The highest BCUT2D eigenvalue weighted by Crippen LogP contribution is 2.00. The van der Waals surface area contributed by atoms with Crippen molar-refractivity contribution >= 4 is 11.9 Å². The molecule has 0 aromatic carbocycles. The van der Waals surface area contributed by atoms with Crippen molar-refractivity contribution in [3.8, 4) is 0 Å². The van der Waals surface area contributed by atoms with Crippen LogP contribution >= 0.6 is 0 Å². The molecular formula is C10H15NO3. The van der Waals surface area contributed by atoms with Crippen LogP contribution in [-0.4, -0.2) is 25.0 Å². The van der Waals surface area contributed by atoms with Crippen molar-refractivity contribution in [2.45, 2.75) is 13.8 Å². The molecule has 0 spiro atoms. The average molecular weight is 197 g/mol. The highest BCUT2D eigenvalue weighted by Gasteiger charge is 2.05. The normalized spacial score (nSPS) is 12.9. The summed E-state index contributed by atoms with van der Waals surface area (Å²) in [5.74, 6) is 0.398. The van der Waals surface area contributed by atoms with Crippen molar-refractivity contribution in [2.75, 3.05) is 13.2 Å². The molecule has 0 radical (unpaired) electrons. The van der Waals surface area contributed by atoms with Crippen LogP contribution in [0, 0.1) is 0 Å². The van der Waals surface area contributed by atoms with Gasteiger partial charge in [0.25, 0.3) is 0 Å². The molecule has 1 aliphatic rings. The van der Waals surface area contributed by atoms with E-state index in [1.54, 1.807) is 0 Å². The van der Waals surface area contributed by atoms with E-state index in [1.807, 2.05) is 6.92 Å². The van der Waals surface area contributed by atoms with Crippen LogP contribution in [0.25, 0.3) is 0 Å². The van der Waals surface area contributed by atoms with Gasteiger partial charge in [0.1, 0.15) is 6.61 Å². The lowest BCUT2D eigenvalue weighted by Crippen LogP contribution is -1.97. The Morgan fingerprint density at radius 2 is 2.29 bits per heavy atom. The van der Waals surface area contributed by atoms with Gasteiger partial charge in [0, 0.05) is 12.5 Å². The van der Waals surface area contributed by atoms with Gasteiger partial charge >= 0.3 is 5.97 Å². The quantitative estimate of drug-likeness (QED) is 0.500. The van der Waals surface area contributed by atoms with Crippen molar-refractivity contribution in [3.05, 3.63) is 25.0 Å². The van der Waals surface area contributed by atoms with Crippen molar-refractivity contribution in [2.24, 2.45) is 4.99 Å². The Hall–Kier alpha value is -1.58. The van der Waals surface area contributed by atoms with Gasteiger partial charge in [-0.1, -0.05) is 13.2 Å². The van der Waals surface area contributed by atoms with Gasteiger partial charge in [-0.2, -0.15) is 0 Å². The highest BCUT2D eigenvalue weighted by molar-refractivity contribution is 5.93. The molecular weight excluding hydrogens is 182 g/mol. The Labute approximate surface area is 83.9 Å². The maximum atomic E-state index is 9.75. The lowest BCUT2D eigenvalue weighted by atomic mass is 10.4. The summed E-state index contributed by atoms with van der Waals surface area (Å²) in [5, 5.41) is 0. The molecule has 4 heteroatoms. The Bertz CT molecular complexity index is 256. The monoisotopic (exact) mass is 197 g/mol. The Morgan fingerprint density at radius 3 is 2.43 bits per heavy atom. The summed E-state index contributed by atoms with van der Waals surface area (Å²) in [6, 6.07) is 0. The van der Waals surface area contributed by atoms with Crippen LogP contribution in [0.1, 0.15) is 13.8 Å². The van der Waals surface area contributed by atoms with Crippen LogP contribution in [-0.2, 0) is 14.3 Å². The standard InChI is InChI=1S/C6H9NO.C4H6O2/c1-5(2)6-7-3-4-8-6;1-3-6-4(2)5/h1,3-4H2,2H3;3H,1H2,2H3. The Morgan fingerprint density at radius 1 is 1.64 bits per heavy atom. The number of carbonyl (C=O) groups is 1. The average Bonchev–Trinajstić information content (AvgIpc) is 2.56. The number of rotatable bonds is 2. The van der Waals surface area contributed by atoms with Gasteiger partial charge in [-0.05, 0) is 6.92 Å². The first-order chi connectivity index (χ1) is 6.57. The fraction of sp³-hybridized carbons (Fsp3) is 0.400. The van der Waals surface area contributed by atoms with E-state index < -0.39 is 0 Å². The molecule has 0 N–H and O–H groups in total. The van der Waals surface area contributed by atoms with Crippen LogP contribution in [0.15, 0.2) is 30.0 Å². The van der Waals surface area contributed by atoms with Gasteiger partial charge in [0.2, 0.25) is 5.90 Å². The van der Waals surface area contributed by atoms with Crippen molar-refractivity contribution in [1.82, 2.24) is 0 Å². The van der Waals surface area contributed by atoms with E-state index in [4.69, 9.17) is 4.74 Å². The molecule has 0 aromatic heterocycles. The smallest absolute Gasteiger partial charge is 0.307 e. The maximum Gasteiger partial charge on any atom is 0.307 e. The van der Waals surface area contributed by atoms with Crippen LogP contribution in [0.4, 0.5) is 0 Å². The third kappa shape index (κ3) is 5.99. The number of esters is 1. The van der Waals surface area contributed by atoms with E-state index in [1.165, 1.54) is 6.92 Å². The zero-order chi connectivity index (χ0) is 11.0. The Balaban J connectivity index is 0.000000255. The molecule has 0 aromatic rings. The molecule has 0 saturated heterocycles. The lowest BCUT2D eigenvalue weighted by molar-refractivity contribution is -0.135. The molecule has 0 atom stereocenters. The summed E-state index contributed by atoms with van der Waals surface area (Å²) >= 11 is 0. The van der Waals surface area contributed by atoms with E-state index in [2.05, 4.69) is 22.9 Å². The maximum absolute atomic E-state index is 9.75. The molecule has 1 heterocycles. The molecule has 0 amide bonds. The van der Waals surface area contributed by atoms with Crippen LogP contribution in [0.3, 0.4) is 0 Å². The lowest BCUT2D eigenvalue weighted by Gasteiger charge is -1.95. The predicted molar refractivity (Wildman–Crippen MR) is 55.0 cm³/mol. The second kappa shape index (κ2) is 6.88. The van der Waals surface area contributed by atoms with Gasteiger partial charge < -0.3 is 9.47 Å².